The standard InChI is InChI=1S/C16H27ClN2S/c1-5-9-18-12-14-6-7-16(15(17)11-14)19(3)13(2)8-10-20-4/h6-7,11,13,18H,5,8-10,12H2,1-4H3. The summed E-state index contributed by atoms with van der Waals surface area (Å²) in [7, 11) is 2.13. The fourth-order valence-electron chi connectivity index (χ4n) is 2.08. The minimum absolute atomic E-state index is 0.504. The maximum Gasteiger partial charge on any atom is 0.0642 e. The van der Waals surface area contributed by atoms with Gasteiger partial charge in [0.1, 0.15) is 0 Å². The van der Waals surface area contributed by atoms with Crippen molar-refractivity contribution in [3.8, 4) is 0 Å². The lowest BCUT2D eigenvalue weighted by Crippen LogP contribution is -2.29. The molecule has 0 fully saturated rings. The third kappa shape index (κ3) is 5.55. The van der Waals surface area contributed by atoms with Gasteiger partial charge in [-0.2, -0.15) is 11.8 Å². The van der Waals surface area contributed by atoms with Crippen molar-refractivity contribution < 1.29 is 0 Å². The average Bonchev–Trinajstić information content (AvgIpc) is 2.44. The molecular formula is C16H27ClN2S. The number of benzene rings is 1. The fourth-order valence-corrected chi connectivity index (χ4v) is 2.99. The van der Waals surface area contributed by atoms with E-state index in [1.165, 1.54) is 17.7 Å². The van der Waals surface area contributed by atoms with Crippen LogP contribution in [0.4, 0.5) is 5.69 Å². The highest BCUT2D eigenvalue weighted by Gasteiger charge is 2.13. The van der Waals surface area contributed by atoms with Crippen molar-refractivity contribution in [1.82, 2.24) is 5.32 Å². The lowest BCUT2D eigenvalue weighted by Gasteiger charge is -2.28. The number of nitrogens with zero attached hydrogens (tertiary/aromatic N) is 1. The first kappa shape index (κ1) is 17.7. The fraction of sp³-hybridized carbons (Fsp3) is 0.625. The highest BCUT2D eigenvalue weighted by Crippen LogP contribution is 2.28. The van der Waals surface area contributed by atoms with Gasteiger partial charge in [-0.25, -0.2) is 0 Å². The Morgan fingerprint density at radius 3 is 2.75 bits per heavy atom. The van der Waals surface area contributed by atoms with Crippen molar-refractivity contribution in [2.45, 2.75) is 39.3 Å². The van der Waals surface area contributed by atoms with E-state index >= 15 is 0 Å². The van der Waals surface area contributed by atoms with E-state index in [0.717, 1.165) is 30.2 Å². The van der Waals surface area contributed by atoms with Crippen LogP contribution in [-0.4, -0.2) is 31.6 Å². The molecule has 0 spiro atoms. The molecule has 4 heteroatoms. The van der Waals surface area contributed by atoms with Crippen LogP contribution in [0.25, 0.3) is 0 Å². The molecule has 1 unspecified atom stereocenters. The summed E-state index contributed by atoms with van der Waals surface area (Å²) in [5.74, 6) is 1.18. The number of halogens is 1. The molecule has 1 atom stereocenters. The van der Waals surface area contributed by atoms with Crippen LogP contribution < -0.4 is 10.2 Å². The lowest BCUT2D eigenvalue weighted by molar-refractivity contribution is 0.666. The van der Waals surface area contributed by atoms with Gasteiger partial charge in [0, 0.05) is 19.6 Å². The molecule has 0 heterocycles. The summed E-state index contributed by atoms with van der Waals surface area (Å²) >= 11 is 8.33. The summed E-state index contributed by atoms with van der Waals surface area (Å²) in [4.78, 5) is 2.28. The van der Waals surface area contributed by atoms with Crippen LogP contribution in [0, 0.1) is 0 Å². The van der Waals surface area contributed by atoms with E-state index in [1.54, 1.807) is 0 Å². The van der Waals surface area contributed by atoms with Crippen LogP contribution >= 0.6 is 23.4 Å². The first-order chi connectivity index (χ1) is 9.60. The normalized spacial score (nSPS) is 12.4. The molecule has 1 rings (SSSR count). The minimum atomic E-state index is 0.504. The van der Waals surface area contributed by atoms with E-state index < -0.39 is 0 Å². The molecule has 0 saturated heterocycles. The molecule has 0 aliphatic rings. The van der Waals surface area contributed by atoms with Crippen LogP contribution in [0.5, 0.6) is 0 Å². The molecule has 1 aromatic carbocycles. The largest absolute Gasteiger partial charge is 0.371 e. The summed E-state index contributed by atoms with van der Waals surface area (Å²) < 4.78 is 0. The van der Waals surface area contributed by atoms with E-state index in [-0.39, 0.29) is 0 Å². The van der Waals surface area contributed by atoms with Gasteiger partial charge in [0.2, 0.25) is 0 Å². The molecule has 0 bridgehead atoms. The van der Waals surface area contributed by atoms with Crippen molar-refractivity contribution in [3.63, 3.8) is 0 Å². The first-order valence-corrected chi connectivity index (χ1v) is 9.08. The Labute approximate surface area is 133 Å². The van der Waals surface area contributed by atoms with Gasteiger partial charge >= 0.3 is 0 Å². The predicted molar refractivity (Wildman–Crippen MR) is 94.3 cm³/mol. The molecular weight excluding hydrogens is 288 g/mol. The molecule has 0 aromatic heterocycles. The molecule has 0 radical (unpaired) electrons. The molecule has 0 aliphatic heterocycles. The van der Waals surface area contributed by atoms with Crippen LogP contribution in [0.15, 0.2) is 18.2 Å². The lowest BCUT2D eigenvalue weighted by atomic mass is 10.1. The smallest absolute Gasteiger partial charge is 0.0642 e. The Kier molecular flexibility index (Phi) is 8.43. The summed E-state index contributed by atoms with van der Waals surface area (Å²) in [6, 6.07) is 6.89. The number of hydrogen-bond acceptors (Lipinski definition) is 3. The Morgan fingerprint density at radius 2 is 2.15 bits per heavy atom. The molecule has 1 aromatic rings. The number of rotatable bonds is 9. The summed E-state index contributed by atoms with van der Waals surface area (Å²) in [6.45, 7) is 6.36. The minimum Gasteiger partial charge on any atom is -0.371 e. The van der Waals surface area contributed by atoms with Crippen molar-refractivity contribution in [2.75, 3.05) is 30.5 Å². The van der Waals surface area contributed by atoms with Crippen molar-refractivity contribution in [2.24, 2.45) is 0 Å². The van der Waals surface area contributed by atoms with E-state index in [9.17, 15) is 0 Å². The van der Waals surface area contributed by atoms with Crippen LogP contribution in [0.1, 0.15) is 32.3 Å². The zero-order chi connectivity index (χ0) is 15.0. The number of nitrogens with one attached hydrogen (secondary N) is 1. The van der Waals surface area contributed by atoms with Crippen molar-refractivity contribution in [3.05, 3.63) is 28.8 Å². The van der Waals surface area contributed by atoms with Crippen LogP contribution in [0.3, 0.4) is 0 Å². The quantitative estimate of drug-likeness (QED) is 0.679. The Hall–Kier alpha value is -0.380. The highest BCUT2D eigenvalue weighted by molar-refractivity contribution is 7.98. The molecule has 0 aliphatic carbocycles. The molecule has 114 valence electrons. The summed E-state index contributed by atoms with van der Waals surface area (Å²) in [5, 5.41) is 4.25. The van der Waals surface area contributed by atoms with Gasteiger partial charge in [-0.1, -0.05) is 24.6 Å². The molecule has 2 nitrogen and oxygen atoms in total. The number of thioether (sulfide) groups is 1. The van der Waals surface area contributed by atoms with E-state index in [4.69, 9.17) is 11.6 Å². The van der Waals surface area contributed by atoms with Gasteiger partial charge in [-0.05, 0) is 56.0 Å². The van der Waals surface area contributed by atoms with E-state index in [0.29, 0.717) is 6.04 Å². The predicted octanol–water partition coefficient (Wildman–Crippen LogP) is 4.42. The summed E-state index contributed by atoms with van der Waals surface area (Å²) in [5.41, 5.74) is 2.37. The van der Waals surface area contributed by atoms with Gasteiger partial charge in [0.15, 0.2) is 0 Å². The Balaban J connectivity index is 2.66. The van der Waals surface area contributed by atoms with Crippen LogP contribution in [-0.2, 0) is 6.54 Å². The second-order valence-corrected chi connectivity index (χ2v) is 6.60. The van der Waals surface area contributed by atoms with Gasteiger partial charge in [-0.15, -0.1) is 0 Å². The maximum absolute atomic E-state index is 6.44. The average molecular weight is 315 g/mol. The highest BCUT2D eigenvalue weighted by atomic mass is 35.5. The van der Waals surface area contributed by atoms with Gasteiger partial charge in [0.25, 0.3) is 0 Å². The zero-order valence-corrected chi connectivity index (χ0v) is 14.7. The van der Waals surface area contributed by atoms with E-state index in [1.807, 2.05) is 11.8 Å². The maximum atomic E-state index is 6.44. The third-order valence-corrected chi connectivity index (χ3v) is 4.50. The van der Waals surface area contributed by atoms with Gasteiger partial charge < -0.3 is 10.2 Å². The topological polar surface area (TPSA) is 15.3 Å². The van der Waals surface area contributed by atoms with Gasteiger partial charge in [0.05, 0.1) is 10.7 Å². The monoisotopic (exact) mass is 314 g/mol. The van der Waals surface area contributed by atoms with Crippen molar-refractivity contribution >= 4 is 29.1 Å². The number of anilines is 1. The Bertz CT molecular complexity index is 398. The second-order valence-electron chi connectivity index (χ2n) is 5.20. The molecule has 1 N–H and O–H groups in total. The molecule has 0 saturated carbocycles. The Morgan fingerprint density at radius 1 is 1.40 bits per heavy atom. The third-order valence-electron chi connectivity index (χ3n) is 3.55. The molecule has 20 heavy (non-hydrogen) atoms. The van der Waals surface area contributed by atoms with Crippen LogP contribution in [0.2, 0.25) is 5.02 Å². The van der Waals surface area contributed by atoms with Gasteiger partial charge in [-0.3, -0.25) is 0 Å². The summed E-state index contributed by atoms with van der Waals surface area (Å²) in [6.07, 6.45) is 4.48. The first-order valence-electron chi connectivity index (χ1n) is 7.31. The van der Waals surface area contributed by atoms with Crippen molar-refractivity contribution in [1.29, 1.82) is 0 Å². The SMILES string of the molecule is CCCNCc1ccc(N(C)C(C)CCSC)c(Cl)c1. The molecule has 0 amide bonds. The second kappa shape index (κ2) is 9.54. The zero-order valence-electron chi connectivity index (χ0n) is 13.1. The van der Waals surface area contributed by atoms with E-state index in [2.05, 4.69) is 55.6 Å². The number of hydrogen-bond donors (Lipinski definition) is 1.